The number of carbonyl (C=O) groups excluding carboxylic acids is 1. The largest absolute Gasteiger partial charge is 0.285 e. The highest BCUT2D eigenvalue weighted by Gasteiger charge is 1.97. The third-order valence-corrected chi connectivity index (χ3v) is 1.31. The summed E-state index contributed by atoms with van der Waals surface area (Å²) >= 11 is 0. The van der Waals surface area contributed by atoms with E-state index in [2.05, 4.69) is 0 Å². The van der Waals surface area contributed by atoms with Crippen molar-refractivity contribution in [1.29, 1.82) is 0 Å². The minimum absolute atomic E-state index is 0.292. The van der Waals surface area contributed by atoms with Gasteiger partial charge >= 0.3 is 0 Å². The van der Waals surface area contributed by atoms with E-state index in [1.54, 1.807) is 19.3 Å². The maximum Gasteiger partial charge on any atom is 0.233 e. The van der Waals surface area contributed by atoms with Crippen molar-refractivity contribution < 1.29 is 9.18 Å². The van der Waals surface area contributed by atoms with Crippen molar-refractivity contribution in [3.63, 3.8) is 0 Å². The number of halogens is 1. The van der Waals surface area contributed by atoms with Crippen molar-refractivity contribution in [2.75, 3.05) is 0 Å². The van der Waals surface area contributed by atoms with Crippen molar-refractivity contribution in [1.82, 2.24) is 0 Å². The van der Waals surface area contributed by atoms with E-state index < -0.39 is 5.82 Å². The second-order valence-electron chi connectivity index (χ2n) is 2.06. The van der Waals surface area contributed by atoms with Crippen LogP contribution < -0.4 is 0 Å². The highest BCUT2D eigenvalue weighted by molar-refractivity contribution is 5.77. The molecule has 0 aromatic heterocycles. The van der Waals surface area contributed by atoms with Crippen molar-refractivity contribution in [2.45, 2.75) is 6.92 Å². The van der Waals surface area contributed by atoms with Crippen molar-refractivity contribution in [3.05, 3.63) is 35.1 Å². The molecule has 0 saturated carbocycles. The predicted octanol–water partition coefficient (Wildman–Crippen LogP) is 1.59. The summed E-state index contributed by atoms with van der Waals surface area (Å²) < 4.78 is 12.4. The van der Waals surface area contributed by atoms with Crippen LogP contribution in [0.3, 0.4) is 0 Å². The smallest absolute Gasteiger partial charge is 0.233 e. The first-order chi connectivity index (χ1) is 4.74. The Morgan fingerprint density at radius 1 is 1.50 bits per heavy atom. The Balaban J connectivity index is 3.21. The Morgan fingerprint density at radius 3 is 2.70 bits per heavy atom. The van der Waals surface area contributed by atoms with Gasteiger partial charge in [-0.3, -0.25) is 4.79 Å². The molecule has 1 rings (SSSR count). The molecule has 0 spiro atoms. The van der Waals surface area contributed by atoms with E-state index in [9.17, 15) is 9.18 Å². The summed E-state index contributed by atoms with van der Waals surface area (Å²) in [4.78, 5) is 10.1. The summed E-state index contributed by atoms with van der Waals surface area (Å²) in [6.45, 7) is 1.74. The van der Waals surface area contributed by atoms with Crippen LogP contribution in [-0.4, -0.2) is 6.29 Å². The molecule has 0 unspecified atom stereocenters. The molecule has 0 fully saturated rings. The topological polar surface area (TPSA) is 17.1 Å². The van der Waals surface area contributed by atoms with E-state index in [0.29, 0.717) is 5.56 Å². The van der Waals surface area contributed by atoms with Gasteiger partial charge in [0.1, 0.15) is 5.82 Å². The summed E-state index contributed by atoms with van der Waals surface area (Å²) in [5, 5.41) is 0. The van der Waals surface area contributed by atoms with Crippen LogP contribution in [0.2, 0.25) is 0 Å². The second-order valence-corrected chi connectivity index (χ2v) is 2.06. The van der Waals surface area contributed by atoms with Crippen LogP contribution in [0.1, 0.15) is 11.1 Å². The van der Waals surface area contributed by atoms with Crippen LogP contribution >= 0.6 is 0 Å². The Morgan fingerprint density at radius 2 is 2.20 bits per heavy atom. The molecule has 0 bridgehead atoms. The molecule has 0 aliphatic carbocycles. The Kier molecular flexibility index (Phi) is 1.81. The van der Waals surface area contributed by atoms with Gasteiger partial charge < -0.3 is 0 Å². The maximum absolute atomic E-state index is 12.4. The normalized spacial score (nSPS) is 9.40. The summed E-state index contributed by atoms with van der Waals surface area (Å²) in [6.07, 6.45) is 1.65. The summed E-state index contributed by atoms with van der Waals surface area (Å²) in [6, 6.07) is 4.04. The minimum Gasteiger partial charge on any atom is -0.285 e. The van der Waals surface area contributed by atoms with E-state index in [1.807, 2.05) is 0 Å². The van der Waals surface area contributed by atoms with Crippen LogP contribution in [0, 0.1) is 12.7 Å². The van der Waals surface area contributed by atoms with Crippen LogP contribution in [0.5, 0.6) is 0 Å². The first-order valence-electron chi connectivity index (χ1n) is 2.88. The Bertz CT molecular complexity index is 255. The molecular formula is C8H6FO. The highest BCUT2D eigenvalue weighted by atomic mass is 19.1. The van der Waals surface area contributed by atoms with Crippen molar-refractivity contribution in [2.24, 2.45) is 0 Å². The molecular weight excluding hydrogens is 131 g/mol. The molecule has 0 aliphatic rings. The molecule has 0 N–H and O–H groups in total. The van der Waals surface area contributed by atoms with Gasteiger partial charge in [0.25, 0.3) is 0 Å². The number of aryl methyl sites for hydroxylation is 1. The lowest BCUT2D eigenvalue weighted by Crippen LogP contribution is -1.86. The van der Waals surface area contributed by atoms with E-state index in [4.69, 9.17) is 0 Å². The van der Waals surface area contributed by atoms with Gasteiger partial charge in [-0.1, -0.05) is 6.07 Å². The average Bonchev–Trinajstić information content (AvgIpc) is 1.94. The number of benzene rings is 1. The summed E-state index contributed by atoms with van der Waals surface area (Å²) in [5.41, 5.74) is 1.04. The van der Waals surface area contributed by atoms with Gasteiger partial charge in [-0.15, -0.1) is 0 Å². The SMILES string of the molecule is Cc1ccc(F)cc1[C]=O. The highest BCUT2D eigenvalue weighted by Crippen LogP contribution is 2.06. The fourth-order valence-electron chi connectivity index (χ4n) is 0.704. The van der Waals surface area contributed by atoms with Crippen molar-refractivity contribution in [3.8, 4) is 0 Å². The molecule has 0 heterocycles. The van der Waals surface area contributed by atoms with Crippen LogP contribution in [-0.2, 0) is 4.79 Å². The number of hydrogen-bond donors (Lipinski definition) is 0. The molecule has 2 heteroatoms. The van der Waals surface area contributed by atoms with Crippen molar-refractivity contribution >= 4 is 6.29 Å². The second kappa shape index (κ2) is 2.60. The monoisotopic (exact) mass is 137 g/mol. The lowest BCUT2D eigenvalue weighted by Gasteiger charge is -1.94. The zero-order valence-electron chi connectivity index (χ0n) is 5.52. The van der Waals surface area contributed by atoms with Gasteiger partial charge in [0, 0.05) is 5.56 Å². The zero-order valence-corrected chi connectivity index (χ0v) is 5.52. The number of rotatable bonds is 1. The molecule has 0 amide bonds. The molecule has 10 heavy (non-hydrogen) atoms. The predicted molar refractivity (Wildman–Crippen MR) is 35.9 cm³/mol. The van der Waals surface area contributed by atoms with E-state index in [1.165, 1.54) is 12.1 Å². The van der Waals surface area contributed by atoms with E-state index >= 15 is 0 Å². The van der Waals surface area contributed by atoms with E-state index in [-0.39, 0.29) is 0 Å². The molecule has 1 radical (unpaired) electrons. The summed E-state index contributed by atoms with van der Waals surface area (Å²) in [5.74, 6) is -0.399. The van der Waals surface area contributed by atoms with Gasteiger partial charge in [-0.2, -0.15) is 0 Å². The first-order valence-corrected chi connectivity index (χ1v) is 2.88. The fraction of sp³-hybridized carbons (Fsp3) is 0.125. The molecule has 0 saturated heterocycles. The van der Waals surface area contributed by atoms with Crippen LogP contribution in [0.15, 0.2) is 18.2 Å². The summed E-state index contributed by atoms with van der Waals surface area (Å²) in [7, 11) is 0. The molecule has 1 nitrogen and oxygen atoms in total. The lowest BCUT2D eigenvalue weighted by molar-refractivity contribution is 0.561. The number of hydrogen-bond acceptors (Lipinski definition) is 1. The van der Waals surface area contributed by atoms with Gasteiger partial charge in [-0.25, -0.2) is 4.39 Å². The van der Waals surface area contributed by atoms with Gasteiger partial charge in [-0.05, 0) is 24.6 Å². The van der Waals surface area contributed by atoms with Crippen LogP contribution in [0.4, 0.5) is 4.39 Å². The standard InChI is InChI=1S/C8H6FO/c1-6-2-3-8(9)4-7(6)5-10/h2-4H,1H3. The fourth-order valence-corrected chi connectivity index (χ4v) is 0.704. The van der Waals surface area contributed by atoms with Gasteiger partial charge in [0.05, 0.1) is 0 Å². The van der Waals surface area contributed by atoms with Crippen LogP contribution in [0.25, 0.3) is 0 Å². The molecule has 0 atom stereocenters. The van der Waals surface area contributed by atoms with Gasteiger partial charge in [0.15, 0.2) is 0 Å². The lowest BCUT2D eigenvalue weighted by atomic mass is 10.1. The zero-order chi connectivity index (χ0) is 7.56. The van der Waals surface area contributed by atoms with Gasteiger partial charge in [0.2, 0.25) is 6.29 Å². The Hall–Kier alpha value is -1.18. The molecule has 1 aromatic carbocycles. The Labute approximate surface area is 58.5 Å². The first kappa shape index (κ1) is 6.93. The molecule has 0 aliphatic heterocycles. The quantitative estimate of drug-likeness (QED) is 0.574. The molecule has 51 valence electrons. The third kappa shape index (κ3) is 1.21. The maximum atomic E-state index is 12.4. The third-order valence-electron chi connectivity index (χ3n) is 1.31. The minimum atomic E-state index is -0.399. The molecule has 1 aromatic rings. The average molecular weight is 137 g/mol. The van der Waals surface area contributed by atoms with E-state index in [0.717, 1.165) is 5.56 Å².